The number of fused-ring (bicyclic) bond motifs is 1. The van der Waals surface area contributed by atoms with Gasteiger partial charge in [0.2, 0.25) is 0 Å². The van der Waals surface area contributed by atoms with Gasteiger partial charge in [-0.2, -0.15) is 0 Å². The molecule has 1 N–H and O–H groups in total. The molecular formula is C15H23N. The van der Waals surface area contributed by atoms with Gasteiger partial charge in [-0.3, -0.25) is 0 Å². The van der Waals surface area contributed by atoms with Crippen LogP contribution in [0.5, 0.6) is 0 Å². The van der Waals surface area contributed by atoms with E-state index in [2.05, 4.69) is 44.3 Å². The highest BCUT2D eigenvalue weighted by Crippen LogP contribution is 2.24. The van der Waals surface area contributed by atoms with E-state index in [-0.39, 0.29) is 5.54 Å². The van der Waals surface area contributed by atoms with E-state index in [4.69, 9.17) is 0 Å². The van der Waals surface area contributed by atoms with Gasteiger partial charge >= 0.3 is 0 Å². The highest BCUT2D eigenvalue weighted by molar-refractivity contribution is 5.35. The number of nitrogens with one attached hydrogen (secondary N) is 1. The zero-order valence-corrected chi connectivity index (χ0v) is 10.8. The van der Waals surface area contributed by atoms with E-state index in [1.165, 1.54) is 36.0 Å². The van der Waals surface area contributed by atoms with Crippen molar-refractivity contribution in [2.45, 2.75) is 58.5 Å². The normalized spacial score (nSPS) is 18.2. The van der Waals surface area contributed by atoms with Crippen molar-refractivity contribution < 1.29 is 0 Å². The number of rotatable bonds is 3. The summed E-state index contributed by atoms with van der Waals surface area (Å²) in [5.41, 5.74) is 4.80. The number of benzene rings is 1. The predicted molar refractivity (Wildman–Crippen MR) is 69.7 cm³/mol. The molecular weight excluding hydrogens is 194 g/mol. The SMILES string of the molecule is CCCCc1ccc2c(c1)CNC(C)(C)C2. The van der Waals surface area contributed by atoms with Crippen LogP contribution in [-0.2, 0) is 19.4 Å². The third-order valence-electron chi connectivity index (χ3n) is 3.48. The molecule has 0 aromatic heterocycles. The number of hydrogen-bond donors (Lipinski definition) is 1. The Bertz CT molecular complexity index is 366. The van der Waals surface area contributed by atoms with Crippen LogP contribution >= 0.6 is 0 Å². The molecule has 0 spiro atoms. The molecule has 1 heterocycles. The lowest BCUT2D eigenvalue weighted by atomic mass is 9.86. The monoisotopic (exact) mass is 217 g/mol. The van der Waals surface area contributed by atoms with E-state index in [9.17, 15) is 0 Å². The quantitative estimate of drug-likeness (QED) is 0.817. The first-order valence-electron chi connectivity index (χ1n) is 6.46. The molecule has 1 heteroatoms. The predicted octanol–water partition coefficient (Wildman–Crippen LogP) is 3.45. The topological polar surface area (TPSA) is 12.0 Å². The van der Waals surface area contributed by atoms with Crippen molar-refractivity contribution in [3.63, 3.8) is 0 Å². The second kappa shape index (κ2) is 4.58. The summed E-state index contributed by atoms with van der Waals surface area (Å²) in [4.78, 5) is 0. The van der Waals surface area contributed by atoms with Gasteiger partial charge in [-0.05, 0) is 49.8 Å². The fourth-order valence-corrected chi connectivity index (χ4v) is 2.43. The number of hydrogen-bond acceptors (Lipinski definition) is 1. The van der Waals surface area contributed by atoms with Crippen molar-refractivity contribution in [2.24, 2.45) is 0 Å². The number of unbranched alkanes of at least 4 members (excludes halogenated alkanes) is 1. The molecule has 0 atom stereocenters. The smallest absolute Gasteiger partial charge is 0.0213 e. The molecule has 1 aromatic carbocycles. The van der Waals surface area contributed by atoms with E-state index in [0.29, 0.717) is 0 Å². The molecule has 0 saturated carbocycles. The van der Waals surface area contributed by atoms with Gasteiger partial charge < -0.3 is 5.32 Å². The molecule has 0 aliphatic carbocycles. The summed E-state index contributed by atoms with van der Waals surface area (Å²) in [6, 6.07) is 7.05. The summed E-state index contributed by atoms with van der Waals surface area (Å²) in [5, 5.41) is 3.60. The minimum Gasteiger partial charge on any atom is -0.307 e. The summed E-state index contributed by atoms with van der Waals surface area (Å²) in [5.74, 6) is 0. The molecule has 1 aliphatic rings. The Morgan fingerprint density at radius 3 is 2.81 bits per heavy atom. The Labute approximate surface area is 99.3 Å². The van der Waals surface area contributed by atoms with Crippen molar-refractivity contribution in [3.05, 3.63) is 34.9 Å². The lowest BCUT2D eigenvalue weighted by Crippen LogP contribution is -2.44. The summed E-state index contributed by atoms with van der Waals surface area (Å²) >= 11 is 0. The van der Waals surface area contributed by atoms with Crippen molar-refractivity contribution in [2.75, 3.05) is 0 Å². The molecule has 0 bridgehead atoms. The zero-order chi connectivity index (χ0) is 11.6. The first-order chi connectivity index (χ1) is 7.61. The highest BCUT2D eigenvalue weighted by atomic mass is 15.0. The average molecular weight is 217 g/mol. The van der Waals surface area contributed by atoms with Crippen LogP contribution in [0, 0.1) is 0 Å². The Morgan fingerprint density at radius 2 is 2.06 bits per heavy atom. The third kappa shape index (κ3) is 2.65. The van der Waals surface area contributed by atoms with Gasteiger partial charge in [0, 0.05) is 12.1 Å². The van der Waals surface area contributed by atoms with Gasteiger partial charge in [0.25, 0.3) is 0 Å². The van der Waals surface area contributed by atoms with Crippen molar-refractivity contribution in [1.29, 1.82) is 0 Å². The van der Waals surface area contributed by atoms with Gasteiger partial charge in [-0.15, -0.1) is 0 Å². The molecule has 88 valence electrons. The first-order valence-corrected chi connectivity index (χ1v) is 6.46. The first kappa shape index (κ1) is 11.7. The average Bonchev–Trinajstić information content (AvgIpc) is 2.25. The Hall–Kier alpha value is -0.820. The van der Waals surface area contributed by atoms with Crippen LogP contribution in [0.2, 0.25) is 0 Å². The summed E-state index contributed by atoms with van der Waals surface area (Å²) in [7, 11) is 0. The van der Waals surface area contributed by atoms with E-state index >= 15 is 0 Å². The van der Waals surface area contributed by atoms with Crippen LogP contribution in [0.25, 0.3) is 0 Å². The Balaban J connectivity index is 2.15. The molecule has 0 saturated heterocycles. The van der Waals surface area contributed by atoms with Gasteiger partial charge in [0.05, 0.1) is 0 Å². The van der Waals surface area contributed by atoms with E-state index in [0.717, 1.165) is 13.0 Å². The minimum atomic E-state index is 0.262. The summed E-state index contributed by atoms with van der Waals surface area (Å²) in [6.07, 6.45) is 4.96. The molecule has 1 nitrogen and oxygen atoms in total. The van der Waals surface area contributed by atoms with Gasteiger partial charge in [-0.25, -0.2) is 0 Å². The molecule has 1 aliphatic heterocycles. The maximum atomic E-state index is 3.60. The van der Waals surface area contributed by atoms with E-state index in [1.807, 2.05) is 0 Å². The van der Waals surface area contributed by atoms with Crippen LogP contribution in [0.15, 0.2) is 18.2 Å². The standard InChI is InChI=1S/C15H23N/c1-4-5-6-12-7-8-13-10-15(2,3)16-11-14(13)9-12/h7-9,16H,4-6,10-11H2,1-3H3. The lowest BCUT2D eigenvalue weighted by molar-refractivity contribution is 0.362. The second-order valence-corrected chi connectivity index (χ2v) is 5.62. The van der Waals surface area contributed by atoms with Crippen molar-refractivity contribution in [3.8, 4) is 0 Å². The molecule has 1 aromatic rings. The third-order valence-corrected chi connectivity index (χ3v) is 3.48. The van der Waals surface area contributed by atoms with Gasteiger partial charge in [-0.1, -0.05) is 31.5 Å². The molecule has 0 fully saturated rings. The largest absolute Gasteiger partial charge is 0.307 e. The highest BCUT2D eigenvalue weighted by Gasteiger charge is 2.23. The maximum absolute atomic E-state index is 3.60. The Morgan fingerprint density at radius 1 is 1.25 bits per heavy atom. The lowest BCUT2D eigenvalue weighted by Gasteiger charge is -2.33. The molecule has 16 heavy (non-hydrogen) atoms. The minimum absolute atomic E-state index is 0.262. The van der Waals surface area contributed by atoms with Gasteiger partial charge in [0.1, 0.15) is 0 Å². The summed E-state index contributed by atoms with van der Waals surface area (Å²) < 4.78 is 0. The molecule has 0 amide bonds. The maximum Gasteiger partial charge on any atom is 0.0213 e. The van der Waals surface area contributed by atoms with E-state index in [1.54, 1.807) is 0 Å². The van der Waals surface area contributed by atoms with Crippen molar-refractivity contribution >= 4 is 0 Å². The fourth-order valence-electron chi connectivity index (χ4n) is 2.43. The van der Waals surface area contributed by atoms with Crippen LogP contribution in [0.1, 0.15) is 50.3 Å². The van der Waals surface area contributed by atoms with E-state index < -0.39 is 0 Å². The second-order valence-electron chi connectivity index (χ2n) is 5.62. The van der Waals surface area contributed by atoms with Crippen LogP contribution < -0.4 is 5.32 Å². The Kier molecular flexibility index (Phi) is 3.34. The van der Waals surface area contributed by atoms with Crippen LogP contribution in [0.3, 0.4) is 0 Å². The molecule has 0 radical (unpaired) electrons. The molecule has 0 unspecified atom stereocenters. The van der Waals surface area contributed by atoms with Crippen LogP contribution in [0.4, 0.5) is 0 Å². The summed E-state index contributed by atoms with van der Waals surface area (Å²) in [6.45, 7) is 7.84. The van der Waals surface area contributed by atoms with Gasteiger partial charge in [0.15, 0.2) is 0 Å². The molecule has 2 rings (SSSR count). The van der Waals surface area contributed by atoms with Crippen molar-refractivity contribution in [1.82, 2.24) is 5.32 Å². The van der Waals surface area contributed by atoms with Crippen LogP contribution in [-0.4, -0.2) is 5.54 Å². The fraction of sp³-hybridized carbons (Fsp3) is 0.600. The number of aryl methyl sites for hydroxylation is 1. The zero-order valence-electron chi connectivity index (χ0n) is 10.8.